The number of nitrogens with one attached hydrogen (secondary N) is 1. The van der Waals surface area contributed by atoms with Crippen LogP contribution >= 0.6 is 0 Å². The highest BCUT2D eigenvalue weighted by molar-refractivity contribution is 5.83. The number of carboxylic acid groups (broad SMARTS) is 1. The van der Waals surface area contributed by atoms with Crippen LogP contribution in [-0.2, 0) is 16.0 Å². The Morgan fingerprint density at radius 1 is 1.32 bits per heavy atom. The molecule has 1 amide bonds. The van der Waals surface area contributed by atoms with Crippen molar-refractivity contribution in [3.8, 4) is 5.75 Å². The minimum atomic E-state index is -1.13. The molecule has 7 nitrogen and oxygen atoms in total. The lowest BCUT2D eigenvalue weighted by molar-refractivity contribution is -0.138. The van der Waals surface area contributed by atoms with Crippen LogP contribution in [0.2, 0.25) is 0 Å². The average molecular weight is 305 g/mol. The summed E-state index contributed by atoms with van der Waals surface area (Å²) >= 11 is 0. The number of carboxylic acids is 1. The number of ether oxygens (including phenoxy) is 1. The topological polar surface area (TPSA) is 106 Å². The van der Waals surface area contributed by atoms with Gasteiger partial charge in [0.1, 0.15) is 17.9 Å². The molecule has 0 aliphatic carbocycles. The van der Waals surface area contributed by atoms with Crippen LogP contribution in [0.5, 0.6) is 5.75 Å². The Balaban J connectivity index is 2.11. The van der Waals surface area contributed by atoms with Gasteiger partial charge in [-0.15, -0.1) is 0 Å². The van der Waals surface area contributed by atoms with E-state index in [1.807, 2.05) is 6.92 Å². The number of hydrogen-bond acceptors (Lipinski definition) is 5. The second kappa shape index (κ2) is 6.75. The molecule has 0 spiro atoms. The van der Waals surface area contributed by atoms with Crippen molar-refractivity contribution in [1.29, 1.82) is 0 Å². The molecule has 0 aliphatic heterocycles. The molecule has 116 valence electrons. The minimum absolute atomic E-state index is 0.323. The Morgan fingerprint density at radius 3 is 2.77 bits per heavy atom. The van der Waals surface area contributed by atoms with Crippen LogP contribution in [0, 0.1) is 0 Å². The Kier molecular flexibility index (Phi) is 4.77. The molecule has 0 saturated heterocycles. The second-order valence-electron chi connectivity index (χ2n) is 4.56. The van der Waals surface area contributed by atoms with Crippen LogP contribution in [0.25, 0.3) is 11.0 Å². The number of carbonyl (C=O) groups is 2. The maximum absolute atomic E-state index is 11.5. The first-order valence-electron chi connectivity index (χ1n) is 6.67. The van der Waals surface area contributed by atoms with E-state index in [0.717, 1.165) is 10.9 Å². The first kappa shape index (κ1) is 15.6. The van der Waals surface area contributed by atoms with E-state index in [9.17, 15) is 14.4 Å². The predicted molar refractivity (Wildman–Crippen MR) is 78.0 cm³/mol. The Hall–Kier alpha value is -2.83. The molecular weight excluding hydrogens is 290 g/mol. The van der Waals surface area contributed by atoms with Gasteiger partial charge >= 0.3 is 11.6 Å². The van der Waals surface area contributed by atoms with Gasteiger partial charge in [-0.2, -0.15) is 0 Å². The van der Waals surface area contributed by atoms with Crippen molar-refractivity contribution < 1.29 is 23.8 Å². The van der Waals surface area contributed by atoms with Gasteiger partial charge in [-0.05, 0) is 24.1 Å². The van der Waals surface area contributed by atoms with E-state index in [1.54, 1.807) is 12.1 Å². The average Bonchev–Trinajstić information content (AvgIpc) is 2.49. The second-order valence-corrected chi connectivity index (χ2v) is 4.56. The molecule has 2 aromatic rings. The number of benzene rings is 1. The van der Waals surface area contributed by atoms with E-state index < -0.39 is 24.0 Å². The number of carbonyl (C=O) groups excluding carboxylic acids is 1. The minimum Gasteiger partial charge on any atom is -0.484 e. The molecule has 1 heterocycles. The number of amides is 1. The van der Waals surface area contributed by atoms with Crippen LogP contribution < -0.4 is 15.7 Å². The maximum atomic E-state index is 11.5. The molecular formula is C15H15NO6. The number of hydrogen-bond donors (Lipinski definition) is 2. The van der Waals surface area contributed by atoms with Gasteiger partial charge < -0.3 is 19.6 Å². The Labute approximate surface area is 125 Å². The van der Waals surface area contributed by atoms with Gasteiger partial charge in [-0.3, -0.25) is 9.59 Å². The third-order valence-electron chi connectivity index (χ3n) is 2.99. The van der Waals surface area contributed by atoms with Gasteiger partial charge in [0, 0.05) is 17.5 Å². The molecule has 2 rings (SSSR count). The first-order valence-corrected chi connectivity index (χ1v) is 6.67. The zero-order valence-corrected chi connectivity index (χ0v) is 11.9. The molecule has 7 heteroatoms. The summed E-state index contributed by atoms with van der Waals surface area (Å²) in [6.07, 6.45) is 0.694. The first-order chi connectivity index (χ1) is 10.5. The highest BCUT2D eigenvalue weighted by Crippen LogP contribution is 2.22. The van der Waals surface area contributed by atoms with Gasteiger partial charge in [0.25, 0.3) is 5.91 Å². The molecule has 1 aromatic carbocycles. The molecule has 0 fully saturated rings. The van der Waals surface area contributed by atoms with E-state index >= 15 is 0 Å². The summed E-state index contributed by atoms with van der Waals surface area (Å²) in [5.41, 5.74) is 0.811. The third-order valence-corrected chi connectivity index (χ3v) is 2.99. The zero-order valence-electron chi connectivity index (χ0n) is 11.9. The summed E-state index contributed by atoms with van der Waals surface area (Å²) in [4.78, 5) is 33.1. The summed E-state index contributed by atoms with van der Waals surface area (Å²) in [6.45, 7) is 1.15. The van der Waals surface area contributed by atoms with Crippen molar-refractivity contribution in [2.45, 2.75) is 13.3 Å². The highest BCUT2D eigenvalue weighted by Gasteiger charge is 2.08. The van der Waals surface area contributed by atoms with Crippen LogP contribution in [0.15, 0.2) is 33.5 Å². The number of rotatable bonds is 6. The lowest BCUT2D eigenvalue weighted by Crippen LogP contribution is -2.33. The fourth-order valence-electron chi connectivity index (χ4n) is 1.97. The van der Waals surface area contributed by atoms with Crippen molar-refractivity contribution >= 4 is 22.8 Å². The number of aryl methyl sites for hydroxylation is 1. The van der Waals surface area contributed by atoms with Crippen molar-refractivity contribution in [3.63, 3.8) is 0 Å². The fraction of sp³-hybridized carbons (Fsp3) is 0.267. The normalized spacial score (nSPS) is 10.4. The maximum Gasteiger partial charge on any atom is 0.336 e. The molecule has 0 bridgehead atoms. The molecule has 22 heavy (non-hydrogen) atoms. The smallest absolute Gasteiger partial charge is 0.336 e. The zero-order chi connectivity index (χ0) is 16.1. The standard InChI is InChI=1S/C15H15NO6/c1-2-9-5-15(20)22-12-6-10(3-4-11(9)12)21-8-13(17)16-7-14(18)19/h3-6H,2,7-8H2,1H3,(H,16,17)(H,18,19). The van der Waals surface area contributed by atoms with Crippen LogP contribution in [0.1, 0.15) is 12.5 Å². The molecule has 0 radical (unpaired) electrons. The summed E-state index contributed by atoms with van der Waals surface area (Å²) in [5, 5.41) is 11.4. The fourth-order valence-corrected chi connectivity index (χ4v) is 1.97. The molecule has 2 N–H and O–H groups in total. The number of fused-ring (bicyclic) bond motifs is 1. The van der Waals surface area contributed by atoms with E-state index in [2.05, 4.69) is 5.32 Å². The molecule has 0 unspecified atom stereocenters. The Bertz CT molecular complexity index is 764. The van der Waals surface area contributed by atoms with Crippen molar-refractivity contribution in [2.75, 3.05) is 13.2 Å². The summed E-state index contributed by atoms with van der Waals surface area (Å²) in [5.74, 6) is -1.33. The third kappa shape index (κ3) is 3.85. The van der Waals surface area contributed by atoms with Gasteiger partial charge in [-0.1, -0.05) is 6.92 Å². The monoisotopic (exact) mass is 305 g/mol. The van der Waals surface area contributed by atoms with Gasteiger partial charge in [0.2, 0.25) is 0 Å². The summed E-state index contributed by atoms with van der Waals surface area (Å²) in [7, 11) is 0. The predicted octanol–water partition coefficient (Wildman–Crippen LogP) is 0.935. The van der Waals surface area contributed by atoms with Crippen molar-refractivity contribution in [3.05, 3.63) is 40.2 Å². The summed E-state index contributed by atoms with van der Waals surface area (Å²) < 4.78 is 10.4. The van der Waals surface area contributed by atoms with Crippen molar-refractivity contribution in [2.24, 2.45) is 0 Å². The quantitative estimate of drug-likeness (QED) is 0.769. The molecule has 1 aromatic heterocycles. The van der Waals surface area contributed by atoms with Gasteiger partial charge in [0.15, 0.2) is 6.61 Å². The van der Waals surface area contributed by atoms with E-state index in [1.165, 1.54) is 12.1 Å². The van der Waals surface area contributed by atoms with Crippen LogP contribution in [0.3, 0.4) is 0 Å². The summed E-state index contributed by atoms with van der Waals surface area (Å²) in [6, 6.07) is 6.39. The lowest BCUT2D eigenvalue weighted by atomic mass is 10.1. The highest BCUT2D eigenvalue weighted by atomic mass is 16.5. The van der Waals surface area contributed by atoms with Crippen molar-refractivity contribution in [1.82, 2.24) is 5.32 Å². The molecule has 0 atom stereocenters. The van der Waals surface area contributed by atoms with Gasteiger partial charge in [-0.25, -0.2) is 4.79 Å². The van der Waals surface area contributed by atoms with E-state index in [4.69, 9.17) is 14.3 Å². The van der Waals surface area contributed by atoms with E-state index in [-0.39, 0.29) is 6.61 Å². The molecule has 0 aliphatic rings. The largest absolute Gasteiger partial charge is 0.484 e. The van der Waals surface area contributed by atoms with E-state index in [0.29, 0.717) is 17.8 Å². The SMILES string of the molecule is CCc1cc(=O)oc2cc(OCC(=O)NCC(=O)O)ccc12. The lowest BCUT2D eigenvalue weighted by Gasteiger charge is -2.08. The van der Waals surface area contributed by atoms with Gasteiger partial charge in [0.05, 0.1) is 0 Å². The Morgan fingerprint density at radius 2 is 2.09 bits per heavy atom. The van der Waals surface area contributed by atoms with Crippen LogP contribution in [0.4, 0.5) is 0 Å². The number of aliphatic carboxylic acids is 1. The van der Waals surface area contributed by atoms with Crippen LogP contribution in [-0.4, -0.2) is 30.1 Å². The molecule has 0 saturated carbocycles.